The summed E-state index contributed by atoms with van der Waals surface area (Å²) in [7, 11) is 0.245. The van der Waals surface area contributed by atoms with Crippen LogP contribution in [0.25, 0.3) is 11.3 Å². The largest absolute Gasteiger partial charge is 0.494 e. The number of nitrogens with zero attached hydrogens (tertiary/aromatic N) is 3. The lowest BCUT2D eigenvalue weighted by Crippen LogP contribution is -2.41. The molecule has 0 N–H and O–H groups in total. The predicted octanol–water partition coefficient (Wildman–Crippen LogP) is 2.70. The number of hydrogen-bond donors (Lipinski definition) is 0. The number of benzene rings is 1. The number of methoxy groups -OCH3 is 1. The van der Waals surface area contributed by atoms with Gasteiger partial charge in [0.1, 0.15) is 11.4 Å². The Bertz CT molecular complexity index is 1080. The molecule has 2 aliphatic heterocycles. The molecule has 0 saturated carbocycles. The quantitative estimate of drug-likeness (QED) is 0.737. The molecule has 1 atom stereocenters. The van der Waals surface area contributed by atoms with E-state index in [4.69, 9.17) is 14.6 Å². The molecule has 1 aromatic heterocycles. The second-order valence-electron chi connectivity index (χ2n) is 6.84. The molecule has 0 radical (unpaired) electrons. The van der Waals surface area contributed by atoms with Gasteiger partial charge in [-0.05, 0) is 12.1 Å². The van der Waals surface area contributed by atoms with E-state index in [1.165, 1.54) is 0 Å². The number of carbonyl (C=O) groups excluding carboxylic acids is 1. The molecule has 7 nitrogen and oxygen atoms in total. The summed E-state index contributed by atoms with van der Waals surface area (Å²) in [6, 6.07) is 7.45. The van der Waals surface area contributed by atoms with Gasteiger partial charge in [0.15, 0.2) is 5.69 Å². The van der Waals surface area contributed by atoms with Crippen molar-refractivity contribution in [2.45, 2.75) is 5.75 Å². The highest BCUT2D eigenvalue weighted by atomic mass is 32.2. The maximum Gasteiger partial charge on any atom is 0.274 e. The average Bonchev–Trinajstić information content (AvgIpc) is 3.16. The van der Waals surface area contributed by atoms with E-state index in [-0.39, 0.29) is 11.7 Å². The van der Waals surface area contributed by atoms with E-state index in [1.807, 2.05) is 24.3 Å². The fraction of sp³-hybridized carbons (Fsp3) is 0.273. The fourth-order valence-electron chi connectivity index (χ4n) is 3.78. The summed E-state index contributed by atoms with van der Waals surface area (Å²) < 4.78 is 25.5. The first-order valence-electron chi connectivity index (χ1n) is 9.60. The average molecular weight is 426 g/mol. The summed E-state index contributed by atoms with van der Waals surface area (Å²) in [6.07, 6.45) is 3.22. The van der Waals surface area contributed by atoms with Gasteiger partial charge in [0.2, 0.25) is 0 Å². The summed E-state index contributed by atoms with van der Waals surface area (Å²) in [5, 5.41) is 4.70. The normalized spacial score (nSPS) is 18.7. The van der Waals surface area contributed by atoms with Crippen LogP contribution in [-0.2, 0) is 21.3 Å². The molecule has 1 amide bonds. The SMILES string of the molecule is C=CC1=C(C=C)S(=O)Cc2c(C(=O)N3CCOCC3)nn(-c3ccccc3OC)c21. The number of hydrogen-bond acceptors (Lipinski definition) is 5. The lowest BCUT2D eigenvalue weighted by Gasteiger charge is -2.26. The van der Waals surface area contributed by atoms with Crippen LogP contribution < -0.4 is 4.74 Å². The smallest absolute Gasteiger partial charge is 0.274 e. The highest BCUT2D eigenvalue weighted by Gasteiger charge is 2.34. The van der Waals surface area contributed by atoms with Crippen molar-refractivity contribution in [1.29, 1.82) is 0 Å². The molecule has 0 spiro atoms. The third kappa shape index (κ3) is 3.32. The standard InChI is InChI=1S/C22H23N3O4S/c1-4-15-19(5-2)30(27)14-16-20(22(26)24-10-12-29-13-11-24)23-25(21(15)16)17-8-6-7-9-18(17)28-3/h4-9H,1-2,10-14H2,3H3. The first-order chi connectivity index (χ1) is 14.6. The van der Waals surface area contributed by atoms with Crippen molar-refractivity contribution >= 4 is 22.3 Å². The first kappa shape index (κ1) is 20.3. The van der Waals surface area contributed by atoms with Crippen LogP contribution in [0.5, 0.6) is 5.75 Å². The van der Waals surface area contributed by atoms with Crippen LogP contribution in [0.2, 0.25) is 0 Å². The van der Waals surface area contributed by atoms with Crippen molar-refractivity contribution in [1.82, 2.24) is 14.7 Å². The van der Waals surface area contributed by atoms with Crippen molar-refractivity contribution in [2.24, 2.45) is 0 Å². The molecule has 1 saturated heterocycles. The molecule has 156 valence electrons. The zero-order chi connectivity index (χ0) is 21.3. The maximum atomic E-state index is 13.3. The number of aromatic nitrogens is 2. The van der Waals surface area contributed by atoms with Crippen LogP contribution in [0.1, 0.15) is 21.7 Å². The highest BCUT2D eigenvalue weighted by molar-refractivity contribution is 7.88. The molecule has 30 heavy (non-hydrogen) atoms. The Kier molecular flexibility index (Phi) is 5.69. The fourth-order valence-corrected chi connectivity index (χ4v) is 5.08. The Hall–Kier alpha value is -2.97. The monoisotopic (exact) mass is 425 g/mol. The maximum absolute atomic E-state index is 13.3. The van der Waals surface area contributed by atoms with E-state index < -0.39 is 10.8 Å². The van der Waals surface area contributed by atoms with E-state index in [9.17, 15) is 9.00 Å². The van der Waals surface area contributed by atoms with Crippen molar-refractivity contribution in [3.05, 3.63) is 71.4 Å². The van der Waals surface area contributed by atoms with Crippen LogP contribution >= 0.6 is 0 Å². The second-order valence-corrected chi connectivity index (χ2v) is 8.26. The number of rotatable bonds is 5. The van der Waals surface area contributed by atoms with Gasteiger partial charge < -0.3 is 14.4 Å². The van der Waals surface area contributed by atoms with Crippen LogP contribution in [0, 0.1) is 0 Å². The van der Waals surface area contributed by atoms with E-state index >= 15 is 0 Å². The summed E-state index contributed by atoms with van der Waals surface area (Å²) in [5.41, 5.74) is 2.99. The molecule has 0 aliphatic carbocycles. The topological polar surface area (TPSA) is 73.7 Å². The lowest BCUT2D eigenvalue weighted by molar-refractivity contribution is 0.0298. The van der Waals surface area contributed by atoms with Gasteiger partial charge in [-0.25, -0.2) is 4.68 Å². The Morgan fingerprint density at radius 3 is 2.63 bits per heavy atom. The number of morpholine rings is 1. The Balaban J connectivity index is 1.97. The van der Waals surface area contributed by atoms with Crippen LogP contribution in [0.4, 0.5) is 0 Å². The van der Waals surface area contributed by atoms with Gasteiger partial charge in [-0.3, -0.25) is 9.00 Å². The summed E-state index contributed by atoms with van der Waals surface area (Å²) in [4.78, 5) is 15.6. The highest BCUT2D eigenvalue weighted by Crippen LogP contribution is 2.38. The van der Waals surface area contributed by atoms with Gasteiger partial charge in [-0.1, -0.05) is 37.4 Å². The van der Waals surface area contributed by atoms with Crippen LogP contribution in [0.3, 0.4) is 0 Å². The van der Waals surface area contributed by atoms with Gasteiger partial charge in [0.25, 0.3) is 5.91 Å². The molecular formula is C22H23N3O4S. The number of fused-ring (bicyclic) bond motifs is 1. The molecule has 2 aromatic rings. The van der Waals surface area contributed by atoms with Gasteiger partial charge in [-0.15, -0.1) is 0 Å². The van der Waals surface area contributed by atoms with Crippen LogP contribution in [-0.4, -0.2) is 58.2 Å². The van der Waals surface area contributed by atoms with Gasteiger partial charge in [0.05, 0.1) is 42.6 Å². The van der Waals surface area contributed by atoms with Crippen molar-refractivity contribution in [3.63, 3.8) is 0 Å². The number of ether oxygens (including phenoxy) is 2. The molecule has 4 rings (SSSR count). The minimum Gasteiger partial charge on any atom is -0.494 e. The molecule has 3 heterocycles. The summed E-state index contributed by atoms with van der Waals surface area (Å²) >= 11 is 0. The first-order valence-corrected chi connectivity index (χ1v) is 10.9. The number of para-hydroxylation sites is 2. The Morgan fingerprint density at radius 1 is 1.23 bits per heavy atom. The third-order valence-electron chi connectivity index (χ3n) is 5.23. The van der Waals surface area contributed by atoms with Gasteiger partial charge in [-0.2, -0.15) is 5.10 Å². The van der Waals surface area contributed by atoms with Crippen LogP contribution in [0.15, 0.2) is 54.5 Å². The Morgan fingerprint density at radius 2 is 1.97 bits per heavy atom. The zero-order valence-electron chi connectivity index (χ0n) is 16.8. The number of allylic oxidation sites excluding steroid dienone is 3. The molecule has 0 bridgehead atoms. The molecular weight excluding hydrogens is 402 g/mol. The molecule has 1 unspecified atom stereocenters. The molecule has 1 fully saturated rings. The van der Waals surface area contributed by atoms with E-state index in [0.29, 0.717) is 65.2 Å². The number of carbonyl (C=O) groups is 1. The second kappa shape index (κ2) is 8.41. The summed E-state index contributed by atoms with van der Waals surface area (Å²) in [6.45, 7) is 9.71. The van der Waals surface area contributed by atoms with Crippen molar-refractivity contribution in [3.8, 4) is 11.4 Å². The molecule has 2 aliphatic rings. The van der Waals surface area contributed by atoms with Crippen molar-refractivity contribution in [2.75, 3.05) is 33.4 Å². The van der Waals surface area contributed by atoms with E-state index in [2.05, 4.69) is 13.2 Å². The van der Waals surface area contributed by atoms with Gasteiger partial charge in [0, 0.05) is 29.1 Å². The van der Waals surface area contributed by atoms with E-state index in [0.717, 1.165) is 0 Å². The molecule has 1 aromatic carbocycles. The summed E-state index contributed by atoms with van der Waals surface area (Å²) in [5.74, 6) is 0.614. The van der Waals surface area contributed by atoms with E-state index in [1.54, 1.807) is 28.8 Å². The zero-order valence-corrected chi connectivity index (χ0v) is 17.6. The lowest BCUT2D eigenvalue weighted by atomic mass is 10.0. The predicted molar refractivity (Wildman–Crippen MR) is 116 cm³/mol. The molecule has 8 heteroatoms. The minimum atomic E-state index is -1.34. The number of amides is 1. The van der Waals surface area contributed by atoms with Gasteiger partial charge >= 0.3 is 0 Å². The minimum absolute atomic E-state index is 0.189. The van der Waals surface area contributed by atoms with Crippen molar-refractivity contribution < 1.29 is 18.5 Å². The third-order valence-corrected chi connectivity index (χ3v) is 6.66. The Labute approximate surface area is 177 Å².